The number of benzene rings is 2. The van der Waals surface area contributed by atoms with Gasteiger partial charge in [-0.2, -0.15) is 0 Å². The molecule has 33 heavy (non-hydrogen) atoms. The van der Waals surface area contributed by atoms with Crippen molar-refractivity contribution in [2.24, 2.45) is 0 Å². The van der Waals surface area contributed by atoms with Crippen LogP contribution in [0, 0.1) is 0 Å². The number of pyridine rings is 1. The van der Waals surface area contributed by atoms with Gasteiger partial charge in [0.05, 0.1) is 23.4 Å². The largest absolute Gasteiger partial charge is 0.513 e. The standard InChI is InChI=1S/C24H19N3O4S2/c1-2-30-24(29)31-19-11-25-22-21(19)16-10-14(8-9-17(16)27-23(22)28)18-12-33-20(26-18)13-32-15-6-4-3-5-7-15/h3-12,25H,2,13H2,1H3,(H,27,28). The summed E-state index contributed by atoms with van der Waals surface area (Å²) >= 11 is 3.36. The number of rotatable bonds is 6. The number of carbonyl (C=O) groups is 1. The van der Waals surface area contributed by atoms with Crippen LogP contribution in [0.5, 0.6) is 5.75 Å². The normalized spacial score (nSPS) is 11.2. The summed E-state index contributed by atoms with van der Waals surface area (Å²) in [6.07, 6.45) is 0.674. The highest BCUT2D eigenvalue weighted by Crippen LogP contribution is 2.34. The van der Waals surface area contributed by atoms with Crippen molar-refractivity contribution in [1.29, 1.82) is 0 Å². The van der Waals surface area contributed by atoms with Crippen LogP contribution in [-0.2, 0) is 10.5 Å². The average molecular weight is 478 g/mol. The van der Waals surface area contributed by atoms with Gasteiger partial charge in [-0.15, -0.1) is 23.1 Å². The monoisotopic (exact) mass is 477 g/mol. The molecule has 0 saturated carbocycles. The molecule has 0 bridgehead atoms. The minimum atomic E-state index is -0.817. The lowest BCUT2D eigenvalue weighted by atomic mass is 10.1. The van der Waals surface area contributed by atoms with Crippen LogP contribution in [0.4, 0.5) is 4.79 Å². The molecule has 0 amide bonds. The van der Waals surface area contributed by atoms with Crippen LogP contribution in [0.3, 0.4) is 0 Å². The quantitative estimate of drug-likeness (QED) is 0.231. The summed E-state index contributed by atoms with van der Waals surface area (Å²) in [5, 5.41) is 4.33. The van der Waals surface area contributed by atoms with Crippen LogP contribution in [0.2, 0.25) is 0 Å². The van der Waals surface area contributed by atoms with E-state index in [2.05, 4.69) is 22.1 Å². The number of fused-ring (bicyclic) bond motifs is 3. The van der Waals surface area contributed by atoms with Crippen molar-refractivity contribution < 1.29 is 14.3 Å². The van der Waals surface area contributed by atoms with E-state index in [1.165, 1.54) is 11.1 Å². The SMILES string of the molecule is CCOC(=O)Oc1c[nH]c2c(=O)[nH]c3ccc(-c4csc(CSc5ccccc5)n4)cc3c12. The summed E-state index contributed by atoms with van der Waals surface area (Å²) in [5.41, 5.74) is 2.44. The molecule has 2 aromatic carbocycles. The number of carbonyl (C=O) groups excluding carboxylic acids is 1. The first kappa shape index (κ1) is 21.3. The van der Waals surface area contributed by atoms with E-state index < -0.39 is 6.16 Å². The Morgan fingerprint density at radius 3 is 2.85 bits per heavy atom. The Morgan fingerprint density at radius 1 is 1.18 bits per heavy atom. The second-order valence-electron chi connectivity index (χ2n) is 7.13. The van der Waals surface area contributed by atoms with Crippen molar-refractivity contribution in [2.45, 2.75) is 17.6 Å². The number of thioether (sulfide) groups is 1. The molecule has 5 aromatic rings. The van der Waals surface area contributed by atoms with Gasteiger partial charge in [0, 0.05) is 32.9 Å². The molecule has 0 saturated heterocycles. The van der Waals surface area contributed by atoms with E-state index in [0.717, 1.165) is 27.4 Å². The topological polar surface area (TPSA) is 97.1 Å². The third kappa shape index (κ3) is 4.37. The number of nitrogens with one attached hydrogen (secondary N) is 2. The lowest BCUT2D eigenvalue weighted by Crippen LogP contribution is -2.10. The first-order valence-electron chi connectivity index (χ1n) is 10.3. The van der Waals surface area contributed by atoms with Gasteiger partial charge in [-0.1, -0.05) is 24.3 Å². The second-order valence-corrected chi connectivity index (χ2v) is 9.12. The van der Waals surface area contributed by atoms with Gasteiger partial charge in [0.1, 0.15) is 10.5 Å². The van der Waals surface area contributed by atoms with Crippen molar-refractivity contribution in [3.63, 3.8) is 0 Å². The zero-order chi connectivity index (χ0) is 22.8. The van der Waals surface area contributed by atoms with Crippen molar-refractivity contribution in [3.05, 3.63) is 75.5 Å². The molecule has 166 valence electrons. The van der Waals surface area contributed by atoms with Crippen molar-refractivity contribution >= 4 is 51.1 Å². The number of hydrogen-bond acceptors (Lipinski definition) is 7. The van der Waals surface area contributed by atoms with Gasteiger partial charge in [0.2, 0.25) is 0 Å². The molecule has 0 aliphatic carbocycles. The third-order valence-electron chi connectivity index (χ3n) is 5.02. The Labute approximate surface area is 196 Å². The number of H-pyrrole nitrogens is 2. The summed E-state index contributed by atoms with van der Waals surface area (Å²) in [6, 6.07) is 15.9. The van der Waals surface area contributed by atoms with Crippen LogP contribution in [0.25, 0.3) is 33.1 Å². The van der Waals surface area contributed by atoms with Crippen LogP contribution in [0.1, 0.15) is 11.9 Å². The van der Waals surface area contributed by atoms with E-state index in [4.69, 9.17) is 14.5 Å². The minimum absolute atomic E-state index is 0.196. The zero-order valence-electron chi connectivity index (χ0n) is 17.6. The molecule has 7 nitrogen and oxygen atoms in total. The predicted octanol–water partition coefficient (Wildman–Crippen LogP) is 5.96. The van der Waals surface area contributed by atoms with E-state index in [0.29, 0.717) is 16.4 Å². The average Bonchev–Trinajstić information content (AvgIpc) is 3.47. The Hall–Kier alpha value is -3.56. The molecule has 0 aliphatic rings. The Kier molecular flexibility index (Phi) is 5.89. The summed E-state index contributed by atoms with van der Waals surface area (Å²) in [4.78, 5) is 36.1. The number of aromatic nitrogens is 3. The highest BCUT2D eigenvalue weighted by molar-refractivity contribution is 7.98. The fourth-order valence-electron chi connectivity index (χ4n) is 3.55. The van der Waals surface area contributed by atoms with Gasteiger partial charge >= 0.3 is 6.16 Å². The molecule has 5 rings (SSSR count). The van der Waals surface area contributed by atoms with Crippen molar-refractivity contribution in [3.8, 4) is 17.0 Å². The highest BCUT2D eigenvalue weighted by atomic mass is 32.2. The number of aromatic amines is 2. The zero-order valence-corrected chi connectivity index (χ0v) is 19.2. The minimum Gasteiger partial charge on any atom is -0.434 e. The van der Waals surface area contributed by atoms with E-state index in [-0.39, 0.29) is 17.9 Å². The fraction of sp³-hybridized carbons (Fsp3) is 0.125. The maximum Gasteiger partial charge on any atom is 0.513 e. The van der Waals surface area contributed by atoms with E-state index in [1.54, 1.807) is 30.0 Å². The molecule has 3 heterocycles. The van der Waals surface area contributed by atoms with Gasteiger partial charge in [-0.25, -0.2) is 9.78 Å². The van der Waals surface area contributed by atoms with E-state index in [1.807, 2.05) is 41.8 Å². The Bertz CT molecular complexity index is 1510. The number of hydrogen-bond donors (Lipinski definition) is 2. The van der Waals surface area contributed by atoms with Crippen molar-refractivity contribution in [2.75, 3.05) is 6.61 Å². The number of ether oxygens (including phenoxy) is 2. The molecule has 0 radical (unpaired) electrons. The molecule has 0 aliphatic heterocycles. The van der Waals surface area contributed by atoms with Crippen LogP contribution in [-0.4, -0.2) is 27.7 Å². The lowest BCUT2D eigenvalue weighted by molar-refractivity contribution is 0.105. The van der Waals surface area contributed by atoms with E-state index >= 15 is 0 Å². The molecular formula is C24H19N3O4S2. The molecule has 2 N–H and O–H groups in total. The molecule has 0 fully saturated rings. The summed E-state index contributed by atoms with van der Waals surface area (Å²) < 4.78 is 10.2. The molecule has 9 heteroatoms. The molecule has 0 unspecified atom stereocenters. The van der Waals surface area contributed by atoms with Gasteiger partial charge < -0.3 is 19.4 Å². The van der Waals surface area contributed by atoms with Gasteiger partial charge in [-0.3, -0.25) is 4.79 Å². The van der Waals surface area contributed by atoms with Crippen LogP contribution >= 0.6 is 23.1 Å². The summed E-state index contributed by atoms with van der Waals surface area (Å²) in [6.45, 7) is 1.89. The highest BCUT2D eigenvalue weighted by Gasteiger charge is 2.17. The number of nitrogens with zero attached hydrogens (tertiary/aromatic N) is 1. The maximum absolute atomic E-state index is 12.5. The molecule has 0 atom stereocenters. The van der Waals surface area contributed by atoms with Gasteiger partial charge in [0.25, 0.3) is 5.56 Å². The maximum atomic E-state index is 12.5. The molecule has 3 aromatic heterocycles. The predicted molar refractivity (Wildman–Crippen MR) is 131 cm³/mol. The van der Waals surface area contributed by atoms with Crippen LogP contribution in [0.15, 0.2) is 69.8 Å². The van der Waals surface area contributed by atoms with Gasteiger partial charge in [-0.05, 0) is 31.2 Å². The number of thiazole rings is 1. The smallest absolute Gasteiger partial charge is 0.434 e. The molecular weight excluding hydrogens is 458 g/mol. The molecule has 0 spiro atoms. The van der Waals surface area contributed by atoms with E-state index in [9.17, 15) is 9.59 Å². The Balaban J connectivity index is 1.50. The first-order chi connectivity index (χ1) is 16.1. The van der Waals surface area contributed by atoms with Crippen LogP contribution < -0.4 is 10.3 Å². The second kappa shape index (κ2) is 9.13. The summed E-state index contributed by atoms with van der Waals surface area (Å²) in [7, 11) is 0. The van der Waals surface area contributed by atoms with Gasteiger partial charge in [0.15, 0.2) is 5.75 Å². The van der Waals surface area contributed by atoms with Crippen molar-refractivity contribution in [1.82, 2.24) is 15.0 Å². The summed E-state index contributed by atoms with van der Waals surface area (Å²) in [5.74, 6) is 1.03. The third-order valence-corrected chi connectivity index (χ3v) is 7.07. The lowest BCUT2D eigenvalue weighted by Gasteiger charge is -2.06. The first-order valence-corrected chi connectivity index (χ1v) is 12.1. The Morgan fingerprint density at radius 2 is 2.03 bits per heavy atom. The fourth-order valence-corrected chi connectivity index (χ4v) is 5.29.